The number of aryl methyl sites for hydroxylation is 1. The van der Waals surface area contributed by atoms with Gasteiger partial charge in [0.1, 0.15) is 11.6 Å². The van der Waals surface area contributed by atoms with Crippen LogP contribution in [0.5, 0.6) is 5.75 Å². The van der Waals surface area contributed by atoms with Crippen LogP contribution in [0.2, 0.25) is 0 Å². The first kappa shape index (κ1) is 14.8. The van der Waals surface area contributed by atoms with Gasteiger partial charge in [0.2, 0.25) is 0 Å². The van der Waals surface area contributed by atoms with Gasteiger partial charge in [-0.2, -0.15) is 0 Å². The Bertz CT molecular complexity index is 674. The van der Waals surface area contributed by atoms with Crippen LogP contribution in [-0.2, 0) is 6.54 Å². The van der Waals surface area contributed by atoms with E-state index in [1.54, 1.807) is 19.1 Å². The maximum Gasteiger partial charge on any atom is 0.270 e. The number of halogens is 1. The molecule has 0 unspecified atom stereocenters. The van der Waals surface area contributed by atoms with Crippen molar-refractivity contribution in [3.8, 4) is 5.75 Å². The van der Waals surface area contributed by atoms with Gasteiger partial charge in [-0.25, -0.2) is 4.39 Å². The molecule has 0 saturated heterocycles. The molecule has 21 heavy (non-hydrogen) atoms. The van der Waals surface area contributed by atoms with Crippen LogP contribution >= 0.6 is 0 Å². The number of anilines is 1. The summed E-state index contributed by atoms with van der Waals surface area (Å²) in [5.74, 6) is 0.153. The number of nitrogens with one attached hydrogen (secondary N) is 1. The summed E-state index contributed by atoms with van der Waals surface area (Å²) >= 11 is 0. The number of rotatable bonds is 5. The molecule has 5 nitrogen and oxygen atoms in total. The Hall–Kier alpha value is -2.63. The van der Waals surface area contributed by atoms with Gasteiger partial charge in [-0.05, 0) is 30.7 Å². The van der Waals surface area contributed by atoms with E-state index in [0.717, 1.165) is 5.56 Å². The van der Waals surface area contributed by atoms with E-state index in [9.17, 15) is 14.5 Å². The Morgan fingerprint density at radius 2 is 2.05 bits per heavy atom. The third kappa shape index (κ3) is 3.47. The van der Waals surface area contributed by atoms with Gasteiger partial charge >= 0.3 is 0 Å². The second-order valence-corrected chi connectivity index (χ2v) is 4.59. The second-order valence-electron chi connectivity index (χ2n) is 4.59. The molecule has 0 aromatic heterocycles. The summed E-state index contributed by atoms with van der Waals surface area (Å²) in [7, 11) is 1.48. The molecule has 0 aliphatic heterocycles. The van der Waals surface area contributed by atoms with Crippen molar-refractivity contribution in [2.45, 2.75) is 13.5 Å². The zero-order valence-electron chi connectivity index (χ0n) is 11.7. The highest BCUT2D eigenvalue weighted by Crippen LogP contribution is 2.25. The number of nitro groups is 1. The highest BCUT2D eigenvalue weighted by molar-refractivity contribution is 5.49. The van der Waals surface area contributed by atoms with Crippen LogP contribution in [0.25, 0.3) is 0 Å². The second kappa shape index (κ2) is 6.21. The van der Waals surface area contributed by atoms with Crippen molar-refractivity contribution < 1.29 is 14.1 Å². The third-order valence-electron chi connectivity index (χ3n) is 3.07. The van der Waals surface area contributed by atoms with E-state index < -0.39 is 4.92 Å². The van der Waals surface area contributed by atoms with Crippen LogP contribution in [0.3, 0.4) is 0 Å². The fraction of sp³-hybridized carbons (Fsp3) is 0.200. The predicted molar refractivity (Wildman–Crippen MR) is 78.1 cm³/mol. The molecule has 0 spiro atoms. The molecular weight excluding hydrogens is 275 g/mol. The van der Waals surface area contributed by atoms with E-state index in [4.69, 9.17) is 4.74 Å². The van der Waals surface area contributed by atoms with E-state index in [1.807, 2.05) is 0 Å². The number of hydrogen-bond donors (Lipinski definition) is 1. The molecule has 0 saturated carbocycles. The van der Waals surface area contributed by atoms with Crippen LogP contribution in [0.1, 0.15) is 11.1 Å². The Morgan fingerprint density at radius 3 is 2.67 bits per heavy atom. The van der Waals surface area contributed by atoms with Gasteiger partial charge < -0.3 is 10.1 Å². The first-order valence-corrected chi connectivity index (χ1v) is 6.32. The molecule has 0 fully saturated rings. The third-order valence-corrected chi connectivity index (χ3v) is 3.07. The van der Waals surface area contributed by atoms with Crippen LogP contribution in [0.4, 0.5) is 15.8 Å². The van der Waals surface area contributed by atoms with Crippen molar-refractivity contribution in [3.05, 3.63) is 63.5 Å². The fourth-order valence-corrected chi connectivity index (χ4v) is 1.97. The SMILES string of the molecule is COc1ccc([N+](=O)[O-])cc1CNc1ccc(C)cc1F. The molecule has 1 N–H and O–H groups in total. The summed E-state index contributed by atoms with van der Waals surface area (Å²) in [6.45, 7) is 2.03. The van der Waals surface area contributed by atoms with E-state index in [2.05, 4.69) is 5.32 Å². The number of hydrogen-bond acceptors (Lipinski definition) is 4. The minimum atomic E-state index is -0.477. The lowest BCUT2D eigenvalue weighted by Gasteiger charge is -2.11. The zero-order valence-corrected chi connectivity index (χ0v) is 11.7. The van der Waals surface area contributed by atoms with Crippen LogP contribution < -0.4 is 10.1 Å². The van der Waals surface area contributed by atoms with Gasteiger partial charge in [-0.15, -0.1) is 0 Å². The van der Waals surface area contributed by atoms with Gasteiger partial charge in [0.15, 0.2) is 0 Å². The van der Waals surface area contributed by atoms with Crippen molar-refractivity contribution in [2.24, 2.45) is 0 Å². The summed E-state index contributed by atoms with van der Waals surface area (Å²) in [5, 5.41) is 13.7. The highest BCUT2D eigenvalue weighted by Gasteiger charge is 2.12. The molecule has 110 valence electrons. The molecule has 0 amide bonds. The Labute approximate surface area is 121 Å². The van der Waals surface area contributed by atoms with E-state index >= 15 is 0 Å². The summed E-state index contributed by atoms with van der Waals surface area (Å²) in [6.07, 6.45) is 0. The number of methoxy groups -OCH3 is 1. The van der Waals surface area contributed by atoms with E-state index in [0.29, 0.717) is 17.0 Å². The Kier molecular flexibility index (Phi) is 4.37. The van der Waals surface area contributed by atoms with Crippen LogP contribution in [0.15, 0.2) is 36.4 Å². The number of non-ortho nitro benzene ring substituents is 1. The Morgan fingerprint density at radius 1 is 1.29 bits per heavy atom. The molecule has 0 radical (unpaired) electrons. The summed E-state index contributed by atoms with van der Waals surface area (Å²) in [5.41, 5.74) is 1.73. The molecule has 0 aliphatic carbocycles. The van der Waals surface area contributed by atoms with Crippen molar-refractivity contribution in [2.75, 3.05) is 12.4 Å². The van der Waals surface area contributed by atoms with Gasteiger partial charge in [-0.1, -0.05) is 6.07 Å². The topological polar surface area (TPSA) is 64.4 Å². The minimum absolute atomic E-state index is 0.0306. The van der Waals surface area contributed by atoms with Crippen LogP contribution in [-0.4, -0.2) is 12.0 Å². The average molecular weight is 290 g/mol. The first-order chi connectivity index (χ1) is 10.0. The van der Waals surface area contributed by atoms with Gasteiger partial charge in [-0.3, -0.25) is 10.1 Å². The lowest BCUT2D eigenvalue weighted by Crippen LogP contribution is -2.04. The maximum absolute atomic E-state index is 13.7. The van der Waals surface area contributed by atoms with Crippen molar-refractivity contribution in [3.63, 3.8) is 0 Å². The van der Waals surface area contributed by atoms with Crippen molar-refractivity contribution in [1.82, 2.24) is 0 Å². The molecule has 2 aromatic rings. The number of nitro benzene ring substituents is 1. The predicted octanol–water partition coefficient (Wildman–Crippen LogP) is 3.66. The standard InChI is InChI=1S/C15H15FN2O3/c1-10-3-5-14(13(16)7-10)17-9-11-8-12(18(19)20)4-6-15(11)21-2/h3-8,17H,9H2,1-2H3. The fourth-order valence-electron chi connectivity index (χ4n) is 1.97. The maximum atomic E-state index is 13.7. The molecule has 0 bridgehead atoms. The average Bonchev–Trinajstić information content (AvgIpc) is 2.46. The van der Waals surface area contributed by atoms with E-state index in [-0.39, 0.29) is 18.0 Å². The number of nitrogens with zero attached hydrogens (tertiary/aromatic N) is 1. The van der Waals surface area contributed by atoms with E-state index in [1.165, 1.54) is 31.4 Å². The quantitative estimate of drug-likeness (QED) is 0.674. The van der Waals surface area contributed by atoms with Gasteiger partial charge in [0, 0.05) is 24.2 Å². The van der Waals surface area contributed by atoms with Crippen molar-refractivity contribution in [1.29, 1.82) is 0 Å². The molecule has 2 aromatic carbocycles. The molecule has 0 aliphatic rings. The first-order valence-electron chi connectivity index (χ1n) is 6.32. The van der Waals surface area contributed by atoms with Gasteiger partial charge in [0.05, 0.1) is 17.7 Å². The molecule has 0 heterocycles. The lowest BCUT2D eigenvalue weighted by atomic mass is 10.1. The van der Waals surface area contributed by atoms with Crippen molar-refractivity contribution >= 4 is 11.4 Å². The summed E-state index contributed by atoms with van der Waals surface area (Å²) in [6, 6.07) is 9.16. The molecule has 0 atom stereocenters. The summed E-state index contributed by atoms with van der Waals surface area (Å²) in [4.78, 5) is 10.3. The Balaban J connectivity index is 2.22. The molecule has 6 heteroatoms. The van der Waals surface area contributed by atoms with Crippen LogP contribution in [0, 0.1) is 22.9 Å². The smallest absolute Gasteiger partial charge is 0.270 e. The zero-order chi connectivity index (χ0) is 15.4. The molecule has 2 rings (SSSR count). The minimum Gasteiger partial charge on any atom is -0.496 e. The highest BCUT2D eigenvalue weighted by atomic mass is 19.1. The monoisotopic (exact) mass is 290 g/mol. The number of ether oxygens (including phenoxy) is 1. The number of benzene rings is 2. The lowest BCUT2D eigenvalue weighted by molar-refractivity contribution is -0.384. The molecular formula is C15H15FN2O3. The largest absolute Gasteiger partial charge is 0.496 e. The summed E-state index contributed by atoms with van der Waals surface area (Å²) < 4.78 is 18.9. The normalized spacial score (nSPS) is 10.2. The van der Waals surface area contributed by atoms with Gasteiger partial charge in [0.25, 0.3) is 5.69 Å².